The molecule has 152 valence electrons. The zero-order valence-corrected chi connectivity index (χ0v) is 18.9. The van der Waals surface area contributed by atoms with Crippen molar-refractivity contribution in [3.8, 4) is 0 Å². The molecule has 1 aliphatic heterocycles. The van der Waals surface area contributed by atoms with Crippen molar-refractivity contribution in [2.75, 3.05) is 13.7 Å². The predicted molar refractivity (Wildman–Crippen MR) is 122 cm³/mol. The fourth-order valence-corrected chi connectivity index (χ4v) is 5.64. The molecule has 0 saturated carbocycles. The summed E-state index contributed by atoms with van der Waals surface area (Å²) in [5.41, 5.74) is 5.70. The number of methoxy groups -OCH3 is 1. The summed E-state index contributed by atoms with van der Waals surface area (Å²) >= 11 is 3.90. The van der Waals surface area contributed by atoms with Crippen LogP contribution < -0.4 is 0 Å². The van der Waals surface area contributed by atoms with E-state index in [4.69, 9.17) is 4.74 Å². The van der Waals surface area contributed by atoms with Gasteiger partial charge in [0.15, 0.2) is 0 Å². The van der Waals surface area contributed by atoms with Gasteiger partial charge in [0.1, 0.15) is 0 Å². The lowest BCUT2D eigenvalue weighted by Crippen LogP contribution is -2.40. The fourth-order valence-electron chi connectivity index (χ4n) is 3.62. The van der Waals surface area contributed by atoms with E-state index in [-0.39, 0.29) is 17.1 Å². The van der Waals surface area contributed by atoms with Gasteiger partial charge in [-0.15, -0.1) is 11.8 Å². The van der Waals surface area contributed by atoms with E-state index in [1.54, 1.807) is 18.9 Å². The van der Waals surface area contributed by atoms with Crippen molar-refractivity contribution in [3.63, 3.8) is 0 Å². The topological polar surface area (TPSA) is 69.9 Å². The number of ether oxygens (including phenoxy) is 1. The van der Waals surface area contributed by atoms with Crippen LogP contribution in [-0.2, 0) is 22.2 Å². The SMILES string of the molecule is COCc1ccc(Cc2ccc(CI)cc2)cc1[C@@H]1S[C@H](CO)CC(O)[C@H]1O. The second kappa shape index (κ2) is 10.4. The normalized spacial score (nSPS) is 25.0. The Morgan fingerprint density at radius 2 is 1.75 bits per heavy atom. The summed E-state index contributed by atoms with van der Waals surface area (Å²) in [6.45, 7) is 0.442. The molecule has 2 aromatic carbocycles. The Balaban J connectivity index is 1.90. The monoisotopic (exact) mass is 514 g/mol. The zero-order chi connectivity index (χ0) is 20.1. The summed E-state index contributed by atoms with van der Waals surface area (Å²) in [4.78, 5) is 0. The van der Waals surface area contributed by atoms with E-state index in [1.165, 1.54) is 11.1 Å². The van der Waals surface area contributed by atoms with E-state index in [9.17, 15) is 15.3 Å². The summed E-state index contributed by atoms with van der Waals surface area (Å²) in [7, 11) is 1.65. The van der Waals surface area contributed by atoms with Crippen LogP contribution in [0.15, 0.2) is 42.5 Å². The molecular weight excluding hydrogens is 487 g/mol. The highest BCUT2D eigenvalue weighted by Crippen LogP contribution is 2.44. The van der Waals surface area contributed by atoms with Crippen LogP contribution in [0.5, 0.6) is 0 Å². The fraction of sp³-hybridized carbons (Fsp3) is 0.455. The second-order valence-corrected chi connectivity index (χ2v) is 9.46. The first kappa shape index (κ1) is 22.1. The van der Waals surface area contributed by atoms with Gasteiger partial charge in [-0.05, 0) is 40.7 Å². The van der Waals surface area contributed by atoms with Crippen LogP contribution in [0.1, 0.15) is 39.5 Å². The summed E-state index contributed by atoms with van der Waals surface area (Å²) in [6.07, 6.45) is -0.479. The van der Waals surface area contributed by atoms with Crippen LogP contribution >= 0.6 is 34.4 Å². The molecule has 0 bridgehead atoms. The Bertz CT molecular complexity index is 768. The Labute approximate surface area is 184 Å². The number of halogens is 1. The molecule has 1 heterocycles. The molecule has 0 aromatic heterocycles. The second-order valence-electron chi connectivity index (χ2n) is 7.25. The van der Waals surface area contributed by atoms with Gasteiger partial charge in [0.25, 0.3) is 0 Å². The third-order valence-corrected chi connectivity index (χ3v) is 7.59. The van der Waals surface area contributed by atoms with Crippen LogP contribution in [0.4, 0.5) is 0 Å². The zero-order valence-electron chi connectivity index (χ0n) is 15.9. The molecule has 0 aliphatic carbocycles. The standard InChI is InChI=1S/C22H27IO4S/c1-27-13-17-7-6-16(8-14-2-4-15(11-23)5-3-14)9-19(17)22-21(26)20(25)10-18(12-24)28-22/h2-7,9,18,20-22,24-26H,8,10-13H2,1H3/t18-,20?,21+,22-/m0/s1. The lowest BCUT2D eigenvalue weighted by Gasteiger charge is -2.37. The number of thioether (sulfide) groups is 1. The first-order valence-corrected chi connectivity index (χ1v) is 11.9. The third-order valence-electron chi connectivity index (χ3n) is 5.15. The quantitative estimate of drug-likeness (QED) is 0.389. The largest absolute Gasteiger partial charge is 0.395 e. The van der Waals surface area contributed by atoms with E-state index in [1.807, 2.05) is 0 Å². The van der Waals surface area contributed by atoms with E-state index < -0.39 is 12.2 Å². The number of aliphatic hydroxyl groups excluding tert-OH is 3. The predicted octanol–water partition coefficient (Wildman–Crippen LogP) is 3.62. The van der Waals surface area contributed by atoms with Crippen molar-refractivity contribution in [2.45, 2.75) is 46.6 Å². The average molecular weight is 514 g/mol. The van der Waals surface area contributed by atoms with Crippen molar-refractivity contribution < 1.29 is 20.1 Å². The molecule has 6 heteroatoms. The van der Waals surface area contributed by atoms with Crippen molar-refractivity contribution in [2.24, 2.45) is 0 Å². The van der Waals surface area contributed by atoms with Crippen molar-refractivity contribution >= 4 is 34.4 Å². The molecule has 4 atom stereocenters. The Hall–Kier alpha value is -0.640. The van der Waals surface area contributed by atoms with Gasteiger partial charge in [0.2, 0.25) is 0 Å². The number of hydrogen-bond donors (Lipinski definition) is 3. The molecule has 4 nitrogen and oxygen atoms in total. The third kappa shape index (κ3) is 5.29. The maximum atomic E-state index is 10.6. The molecule has 1 fully saturated rings. The number of hydrogen-bond acceptors (Lipinski definition) is 5. The number of rotatable bonds is 7. The average Bonchev–Trinajstić information content (AvgIpc) is 2.72. The minimum Gasteiger partial charge on any atom is -0.395 e. The highest BCUT2D eigenvalue weighted by atomic mass is 127. The summed E-state index contributed by atoms with van der Waals surface area (Å²) in [5, 5.41) is 30.1. The summed E-state index contributed by atoms with van der Waals surface area (Å²) in [6, 6.07) is 14.9. The molecule has 28 heavy (non-hydrogen) atoms. The van der Waals surface area contributed by atoms with Gasteiger partial charge in [-0.2, -0.15) is 0 Å². The number of aliphatic hydroxyl groups is 3. The van der Waals surface area contributed by atoms with Crippen molar-refractivity contribution in [1.82, 2.24) is 0 Å². The van der Waals surface area contributed by atoms with Crippen LogP contribution in [0.25, 0.3) is 0 Å². The summed E-state index contributed by atoms with van der Waals surface area (Å²) < 4.78 is 6.35. The van der Waals surface area contributed by atoms with E-state index in [0.717, 1.165) is 27.5 Å². The molecule has 2 aromatic rings. The lowest BCUT2D eigenvalue weighted by atomic mass is 9.92. The molecule has 3 N–H and O–H groups in total. The molecule has 0 amide bonds. The van der Waals surface area contributed by atoms with Crippen LogP contribution in [0.3, 0.4) is 0 Å². The van der Waals surface area contributed by atoms with Crippen LogP contribution in [0.2, 0.25) is 0 Å². The molecule has 3 rings (SSSR count). The molecule has 0 radical (unpaired) electrons. The van der Waals surface area contributed by atoms with E-state index in [2.05, 4.69) is 65.1 Å². The van der Waals surface area contributed by atoms with Gasteiger partial charge in [0, 0.05) is 16.8 Å². The molecule has 0 spiro atoms. The van der Waals surface area contributed by atoms with Crippen LogP contribution in [-0.4, -0.2) is 46.5 Å². The summed E-state index contributed by atoms with van der Waals surface area (Å²) in [5.74, 6) is 0. The molecular formula is C22H27IO4S. The van der Waals surface area contributed by atoms with E-state index in [0.29, 0.717) is 13.0 Å². The van der Waals surface area contributed by atoms with Gasteiger partial charge in [0.05, 0.1) is 30.7 Å². The highest BCUT2D eigenvalue weighted by molar-refractivity contribution is 14.1. The molecule has 1 unspecified atom stereocenters. The van der Waals surface area contributed by atoms with Gasteiger partial charge >= 0.3 is 0 Å². The molecule has 1 aliphatic rings. The first-order chi connectivity index (χ1) is 13.5. The van der Waals surface area contributed by atoms with Gasteiger partial charge < -0.3 is 20.1 Å². The smallest absolute Gasteiger partial charge is 0.0958 e. The maximum absolute atomic E-state index is 10.6. The Morgan fingerprint density at radius 3 is 2.39 bits per heavy atom. The van der Waals surface area contributed by atoms with E-state index >= 15 is 0 Å². The van der Waals surface area contributed by atoms with Crippen molar-refractivity contribution in [3.05, 3.63) is 70.3 Å². The Morgan fingerprint density at radius 1 is 1.07 bits per heavy atom. The minimum absolute atomic E-state index is 0.00654. The van der Waals surface area contributed by atoms with Gasteiger partial charge in [-0.3, -0.25) is 0 Å². The number of alkyl halides is 1. The maximum Gasteiger partial charge on any atom is 0.0958 e. The Kier molecular flexibility index (Phi) is 8.20. The molecule has 1 saturated heterocycles. The van der Waals surface area contributed by atoms with Gasteiger partial charge in [-0.25, -0.2) is 0 Å². The number of benzene rings is 2. The van der Waals surface area contributed by atoms with Crippen molar-refractivity contribution in [1.29, 1.82) is 0 Å². The highest BCUT2D eigenvalue weighted by Gasteiger charge is 2.38. The van der Waals surface area contributed by atoms with Gasteiger partial charge in [-0.1, -0.05) is 65.1 Å². The first-order valence-electron chi connectivity index (χ1n) is 9.42. The minimum atomic E-state index is -0.860. The van der Waals surface area contributed by atoms with Crippen LogP contribution in [0, 0.1) is 0 Å². The lowest BCUT2D eigenvalue weighted by molar-refractivity contribution is 0.00495.